The van der Waals surface area contributed by atoms with E-state index in [-0.39, 0.29) is 0 Å². The van der Waals surface area contributed by atoms with Crippen molar-refractivity contribution in [2.45, 2.75) is 19.5 Å². The molecule has 1 atom stereocenters. The minimum Gasteiger partial charge on any atom is -0.303 e. The van der Waals surface area contributed by atoms with Gasteiger partial charge in [-0.2, -0.15) is 11.3 Å². The van der Waals surface area contributed by atoms with Gasteiger partial charge in [-0.15, -0.1) is 10.2 Å². The number of pyridine rings is 1. The summed E-state index contributed by atoms with van der Waals surface area (Å²) in [5, 5.41) is 16.1. The number of hydrogen-bond donors (Lipinski definition) is 1. The second kappa shape index (κ2) is 4.88. The van der Waals surface area contributed by atoms with Gasteiger partial charge in [0.15, 0.2) is 11.5 Å². The Bertz CT molecular complexity index is 629. The van der Waals surface area contributed by atoms with E-state index in [4.69, 9.17) is 0 Å². The molecule has 0 aliphatic rings. The highest BCUT2D eigenvalue weighted by molar-refractivity contribution is 7.07. The highest BCUT2D eigenvalue weighted by Gasteiger charge is 2.08. The Hall–Kier alpha value is -1.72. The van der Waals surface area contributed by atoms with Crippen LogP contribution in [0.2, 0.25) is 0 Å². The monoisotopic (exact) mass is 258 g/mol. The van der Waals surface area contributed by atoms with Crippen LogP contribution >= 0.6 is 11.3 Å². The molecule has 0 saturated heterocycles. The molecule has 1 unspecified atom stereocenters. The van der Waals surface area contributed by atoms with Crippen LogP contribution in [0.25, 0.3) is 5.65 Å². The zero-order valence-electron chi connectivity index (χ0n) is 10.1. The summed E-state index contributed by atoms with van der Waals surface area (Å²) >= 11 is 1.72. The molecule has 3 aromatic heterocycles. The second-order valence-electron chi connectivity index (χ2n) is 4.20. The van der Waals surface area contributed by atoms with Crippen molar-refractivity contribution in [1.82, 2.24) is 19.9 Å². The molecule has 3 heterocycles. The van der Waals surface area contributed by atoms with E-state index in [0.717, 1.165) is 11.5 Å². The molecule has 3 rings (SSSR count). The largest absolute Gasteiger partial charge is 0.303 e. The normalized spacial score (nSPS) is 12.9. The average molecular weight is 258 g/mol. The lowest BCUT2D eigenvalue weighted by Crippen LogP contribution is -2.19. The fourth-order valence-electron chi connectivity index (χ4n) is 1.90. The van der Waals surface area contributed by atoms with E-state index in [9.17, 15) is 0 Å². The summed E-state index contributed by atoms with van der Waals surface area (Å²) in [7, 11) is 0. The maximum absolute atomic E-state index is 4.20. The van der Waals surface area contributed by atoms with Gasteiger partial charge in [-0.05, 0) is 41.4 Å². The third-order valence-corrected chi connectivity index (χ3v) is 3.70. The number of hydrogen-bond acceptors (Lipinski definition) is 4. The molecule has 1 N–H and O–H groups in total. The van der Waals surface area contributed by atoms with E-state index in [1.807, 2.05) is 28.8 Å². The van der Waals surface area contributed by atoms with E-state index >= 15 is 0 Å². The topological polar surface area (TPSA) is 42.2 Å². The molecule has 0 bridgehead atoms. The SMILES string of the molecule is CC(NCc1nnc2ccccn12)c1ccsc1. The maximum Gasteiger partial charge on any atom is 0.160 e. The summed E-state index contributed by atoms with van der Waals surface area (Å²) in [6.07, 6.45) is 1.99. The van der Waals surface area contributed by atoms with Gasteiger partial charge >= 0.3 is 0 Å². The van der Waals surface area contributed by atoms with Crippen LogP contribution in [0.4, 0.5) is 0 Å². The summed E-state index contributed by atoms with van der Waals surface area (Å²) in [5.41, 5.74) is 2.20. The van der Waals surface area contributed by atoms with E-state index in [1.54, 1.807) is 11.3 Å². The molecule has 5 heteroatoms. The average Bonchev–Trinajstić information content (AvgIpc) is 3.06. The van der Waals surface area contributed by atoms with Crippen LogP contribution in [0.3, 0.4) is 0 Å². The molecular formula is C13H14N4S. The van der Waals surface area contributed by atoms with Crippen LogP contribution in [0.1, 0.15) is 24.4 Å². The van der Waals surface area contributed by atoms with Crippen molar-refractivity contribution in [1.29, 1.82) is 0 Å². The summed E-state index contributed by atoms with van der Waals surface area (Å²) in [4.78, 5) is 0. The molecule has 18 heavy (non-hydrogen) atoms. The number of thiophene rings is 1. The van der Waals surface area contributed by atoms with Crippen LogP contribution < -0.4 is 5.32 Å². The van der Waals surface area contributed by atoms with Crippen LogP contribution in [-0.4, -0.2) is 14.6 Å². The third kappa shape index (κ3) is 2.14. The predicted octanol–water partition coefficient (Wildman–Crippen LogP) is 2.64. The van der Waals surface area contributed by atoms with Gasteiger partial charge in [0.25, 0.3) is 0 Å². The minimum absolute atomic E-state index is 0.326. The number of nitrogens with one attached hydrogen (secondary N) is 1. The van der Waals surface area contributed by atoms with Crippen molar-refractivity contribution >= 4 is 17.0 Å². The van der Waals surface area contributed by atoms with Gasteiger partial charge in [0.2, 0.25) is 0 Å². The van der Waals surface area contributed by atoms with Gasteiger partial charge in [-0.1, -0.05) is 6.07 Å². The van der Waals surface area contributed by atoms with Crippen LogP contribution in [0.5, 0.6) is 0 Å². The van der Waals surface area contributed by atoms with Crippen molar-refractivity contribution in [3.63, 3.8) is 0 Å². The van der Waals surface area contributed by atoms with Gasteiger partial charge in [-0.25, -0.2) is 0 Å². The predicted molar refractivity (Wildman–Crippen MR) is 72.6 cm³/mol. The Kier molecular flexibility index (Phi) is 3.08. The van der Waals surface area contributed by atoms with Gasteiger partial charge in [0, 0.05) is 12.2 Å². The van der Waals surface area contributed by atoms with Gasteiger partial charge in [-0.3, -0.25) is 4.40 Å². The van der Waals surface area contributed by atoms with Crippen LogP contribution in [0, 0.1) is 0 Å². The molecule has 0 radical (unpaired) electrons. The molecule has 0 aliphatic heterocycles. The first-order valence-corrected chi connectivity index (χ1v) is 6.83. The van der Waals surface area contributed by atoms with Gasteiger partial charge in [0.05, 0.1) is 6.54 Å². The summed E-state index contributed by atoms with van der Waals surface area (Å²) in [5.74, 6) is 0.938. The Morgan fingerprint density at radius 1 is 1.33 bits per heavy atom. The Morgan fingerprint density at radius 3 is 3.11 bits per heavy atom. The van der Waals surface area contributed by atoms with Crippen molar-refractivity contribution in [3.8, 4) is 0 Å². The van der Waals surface area contributed by atoms with E-state index in [0.29, 0.717) is 12.6 Å². The lowest BCUT2D eigenvalue weighted by atomic mass is 10.2. The van der Waals surface area contributed by atoms with Gasteiger partial charge < -0.3 is 5.32 Å². The molecule has 4 nitrogen and oxygen atoms in total. The highest BCUT2D eigenvalue weighted by Crippen LogP contribution is 2.16. The third-order valence-electron chi connectivity index (χ3n) is 2.99. The Labute approximate surface area is 109 Å². The molecule has 3 aromatic rings. The highest BCUT2D eigenvalue weighted by atomic mass is 32.1. The number of aromatic nitrogens is 3. The number of rotatable bonds is 4. The molecule has 0 spiro atoms. The molecule has 0 fully saturated rings. The molecule has 92 valence electrons. The quantitative estimate of drug-likeness (QED) is 0.782. The van der Waals surface area contributed by atoms with Crippen LogP contribution in [0.15, 0.2) is 41.2 Å². The zero-order chi connectivity index (χ0) is 12.4. The smallest absolute Gasteiger partial charge is 0.160 e. The summed E-state index contributed by atoms with van der Waals surface area (Å²) in [6, 6.07) is 8.38. The molecule has 0 aromatic carbocycles. The second-order valence-corrected chi connectivity index (χ2v) is 4.98. The molecule has 0 aliphatic carbocycles. The first-order chi connectivity index (χ1) is 8.84. The van der Waals surface area contributed by atoms with Crippen molar-refractivity contribution in [2.75, 3.05) is 0 Å². The summed E-state index contributed by atoms with van der Waals surface area (Å²) < 4.78 is 2.01. The number of fused-ring (bicyclic) bond motifs is 1. The van der Waals surface area contributed by atoms with Gasteiger partial charge in [0.1, 0.15) is 0 Å². The van der Waals surface area contributed by atoms with Crippen LogP contribution in [-0.2, 0) is 6.54 Å². The standard InChI is InChI=1S/C13H14N4S/c1-10(11-5-7-18-9-11)14-8-13-16-15-12-4-2-3-6-17(12)13/h2-7,9-10,14H,8H2,1H3. The van der Waals surface area contributed by atoms with E-state index < -0.39 is 0 Å². The van der Waals surface area contributed by atoms with E-state index in [1.165, 1.54) is 5.56 Å². The molecule has 0 amide bonds. The minimum atomic E-state index is 0.326. The van der Waals surface area contributed by atoms with Crippen molar-refractivity contribution in [3.05, 3.63) is 52.6 Å². The Morgan fingerprint density at radius 2 is 2.28 bits per heavy atom. The summed E-state index contributed by atoms with van der Waals surface area (Å²) in [6.45, 7) is 2.87. The van der Waals surface area contributed by atoms with E-state index in [2.05, 4.69) is 39.3 Å². The first-order valence-electron chi connectivity index (χ1n) is 5.89. The van der Waals surface area contributed by atoms with Crippen molar-refractivity contribution in [2.24, 2.45) is 0 Å². The zero-order valence-corrected chi connectivity index (χ0v) is 10.9. The molecule has 0 saturated carbocycles. The number of nitrogens with zero attached hydrogens (tertiary/aromatic N) is 3. The fraction of sp³-hybridized carbons (Fsp3) is 0.231. The fourth-order valence-corrected chi connectivity index (χ4v) is 2.65. The molecular weight excluding hydrogens is 244 g/mol. The Balaban J connectivity index is 1.73. The van der Waals surface area contributed by atoms with Crippen molar-refractivity contribution < 1.29 is 0 Å². The lowest BCUT2D eigenvalue weighted by molar-refractivity contribution is 0.558. The maximum atomic E-state index is 4.20. The lowest BCUT2D eigenvalue weighted by Gasteiger charge is -2.11. The first kappa shape index (κ1) is 11.4.